The maximum atomic E-state index is 5.82. The molecule has 2 aromatic rings. The predicted molar refractivity (Wildman–Crippen MR) is 53.8 cm³/mol. The van der Waals surface area contributed by atoms with Gasteiger partial charge in [0.2, 0.25) is 0 Å². The minimum absolute atomic E-state index is 0.676. The lowest BCUT2D eigenvalue weighted by Gasteiger charge is -2.02. The van der Waals surface area contributed by atoms with Crippen molar-refractivity contribution in [1.82, 2.24) is 14.9 Å². The van der Waals surface area contributed by atoms with Gasteiger partial charge in [-0.25, -0.2) is 4.98 Å². The Labute approximate surface area is 81.3 Å². The number of fused-ring (bicyclic) bond motifs is 1. The smallest absolute Gasteiger partial charge is 0.141 e. The highest BCUT2D eigenvalue weighted by Gasteiger charge is 2.01. The molecule has 0 fully saturated rings. The molecule has 2 aromatic heterocycles. The van der Waals surface area contributed by atoms with E-state index < -0.39 is 0 Å². The molecular formula is C9H10ClN3. The molecule has 0 aliphatic rings. The van der Waals surface area contributed by atoms with Gasteiger partial charge < -0.3 is 9.88 Å². The first-order valence-corrected chi connectivity index (χ1v) is 4.44. The molecule has 0 radical (unpaired) electrons. The van der Waals surface area contributed by atoms with Gasteiger partial charge in [-0.3, -0.25) is 0 Å². The van der Waals surface area contributed by atoms with Crippen LogP contribution in [0.15, 0.2) is 24.5 Å². The summed E-state index contributed by atoms with van der Waals surface area (Å²) < 4.78 is 2.03. The van der Waals surface area contributed by atoms with Crippen LogP contribution < -0.4 is 5.32 Å². The minimum Gasteiger partial charge on any atom is -0.319 e. The lowest BCUT2D eigenvalue weighted by atomic mass is 10.3. The SMILES string of the molecule is CNCn1ccc2cc(Cl)cnc21. The summed E-state index contributed by atoms with van der Waals surface area (Å²) in [6.45, 7) is 0.762. The number of hydrogen-bond acceptors (Lipinski definition) is 2. The van der Waals surface area contributed by atoms with Gasteiger partial charge in [0.1, 0.15) is 5.65 Å². The van der Waals surface area contributed by atoms with E-state index in [9.17, 15) is 0 Å². The van der Waals surface area contributed by atoms with E-state index in [1.165, 1.54) is 0 Å². The van der Waals surface area contributed by atoms with Crippen molar-refractivity contribution < 1.29 is 0 Å². The first-order valence-electron chi connectivity index (χ1n) is 4.06. The number of aromatic nitrogens is 2. The molecule has 0 bridgehead atoms. The Morgan fingerprint density at radius 1 is 1.62 bits per heavy atom. The Bertz CT molecular complexity index is 422. The van der Waals surface area contributed by atoms with Gasteiger partial charge in [-0.2, -0.15) is 0 Å². The molecule has 0 amide bonds. The molecule has 0 unspecified atom stereocenters. The van der Waals surface area contributed by atoms with E-state index in [0.29, 0.717) is 5.02 Å². The highest BCUT2D eigenvalue weighted by atomic mass is 35.5. The molecule has 2 rings (SSSR count). The third-order valence-electron chi connectivity index (χ3n) is 1.90. The van der Waals surface area contributed by atoms with E-state index >= 15 is 0 Å². The van der Waals surface area contributed by atoms with Gasteiger partial charge in [-0.1, -0.05) is 11.6 Å². The van der Waals surface area contributed by atoms with Crippen molar-refractivity contribution in [2.75, 3.05) is 7.05 Å². The van der Waals surface area contributed by atoms with Gasteiger partial charge in [-0.15, -0.1) is 0 Å². The van der Waals surface area contributed by atoms with Crippen LogP contribution >= 0.6 is 11.6 Å². The molecule has 13 heavy (non-hydrogen) atoms. The summed E-state index contributed by atoms with van der Waals surface area (Å²) in [5.74, 6) is 0. The lowest BCUT2D eigenvalue weighted by Crippen LogP contribution is -2.12. The summed E-state index contributed by atoms with van der Waals surface area (Å²) >= 11 is 5.82. The third-order valence-corrected chi connectivity index (χ3v) is 2.10. The second-order valence-corrected chi connectivity index (χ2v) is 3.30. The lowest BCUT2D eigenvalue weighted by molar-refractivity contribution is 0.633. The third kappa shape index (κ3) is 1.53. The molecule has 4 heteroatoms. The van der Waals surface area contributed by atoms with Gasteiger partial charge in [0.15, 0.2) is 0 Å². The topological polar surface area (TPSA) is 29.9 Å². The molecular weight excluding hydrogens is 186 g/mol. The number of rotatable bonds is 2. The van der Waals surface area contributed by atoms with E-state index in [0.717, 1.165) is 17.7 Å². The normalized spacial score (nSPS) is 10.9. The van der Waals surface area contributed by atoms with Crippen molar-refractivity contribution >= 4 is 22.6 Å². The van der Waals surface area contributed by atoms with E-state index in [1.807, 2.05) is 29.9 Å². The zero-order valence-electron chi connectivity index (χ0n) is 7.29. The van der Waals surface area contributed by atoms with E-state index in [1.54, 1.807) is 6.20 Å². The van der Waals surface area contributed by atoms with E-state index in [-0.39, 0.29) is 0 Å². The fraction of sp³-hybridized carbons (Fsp3) is 0.222. The summed E-state index contributed by atoms with van der Waals surface area (Å²) in [5.41, 5.74) is 0.957. The fourth-order valence-electron chi connectivity index (χ4n) is 1.35. The van der Waals surface area contributed by atoms with Crippen molar-refractivity contribution in [2.45, 2.75) is 6.67 Å². The minimum atomic E-state index is 0.676. The quantitative estimate of drug-likeness (QED) is 0.793. The van der Waals surface area contributed by atoms with Gasteiger partial charge in [0.25, 0.3) is 0 Å². The average Bonchev–Trinajstić information content (AvgIpc) is 2.49. The largest absolute Gasteiger partial charge is 0.319 e. The number of pyridine rings is 1. The molecule has 0 aliphatic heterocycles. The van der Waals surface area contributed by atoms with Crippen molar-refractivity contribution in [1.29, 1.82) is 0 Å². The molecule has 2 heterocycles. The molecule has 0 aliphatic carbocycles. The standard InChI is InChI=1S/C9H10ClN3/c1-11-6-13-3-2-7-4-8(10)5-12-9(7)13/h2-5,11H,6H2,1H3. The van der Waals surface area contributed by atoms with Gasteiger partial charge in [0, 0.05) is 17.8 Å². The summed E-state index contributed by atoms with van der Waals surface area (Å²) in [6, 6.07) is 3.92. The number of nitrogens with one attached hydrogen (secondary N) is 1. The van der Waals surface area contributed by atoms with Crippen LogP contribution in [0.1, 0.15) is 0 Å². The van der Waals surface area contributed by atoms with Crippen LogP contribution in [0.5, 0.6) is 0 Å². The Morgan fingerprint density at radius 2 is 2.46 bits per heavy atom. The van der Waals surface area contributed by atoms with Crippen LogP contribution in [-0.2, 0) is 6.67 Å². The average molecular weight is 196 g/mol. The van der Waals surface area contributed by atoms with Crippen molar-refractivity contribution in [3.05, 3.63) is 29.5 Å². The zero-order chi connectivity index (χ0) is 9.26. The number of halogens is 1. The Kier molecular flexibility index (Phi) is 2.20. The maximum absolute atomic E-state index is 5.82. The summed E-state index contributed by atoms with van der Waals surface area (Å²) in [6.07, 6.45) is 3.65. The van der Waals surface area contributed by atoms with Crippen LogP contribution in [0.4, 0.5) is 0 Å². The van der Waals surface area contributed by atoms with Gasteiger partial charge in [-0.05, 0) is 19.2 Å². The Morgan fingerprint density at radius 3 is 3.23 bits per heavy atom. The molecule has 0 atom stereocenters. The summed E-state index contributed by atoms with van der Waals surface area (Å²) in [7, 11) is 1.90. The van der Waals surface area contributed by atoms with E-state index in [2.05, 4.69) is 10.3 Å². The zero-order valence-corrected chi connectivity index (χ0v) is 8.04. The molecule has 0 aromatic carbocycles. The number of nitrogens with zero attached hydrogens (tertiary/aromatic N) is 2. The summed E-state index contributed by atoms with van der Waals surface area (Å²) in [4.78, 5) is 4.25. The second-order valence-electron chi connectivity index (χ2n) is 2.86. The van der Waals surface area contributed by atoms with Crippen LogP contribution in [0, 0.1) is 0 Å². The van der Waals surface area contributed by atoms with Gasteiger partial charge >= 0.3 is 0 Å². The van der Waals surface area contributed by atoms with Gasteiger partial charge in [0.05, 0.1) is 11.7 Å². The molecule has 0 saturated carbocycles. The monoisotopic (exact) mass is 195 g/mol. The second kappa shape index (κ2) is 3.36. The van der Waals surface area contributed by atoms with Crippen LogP contribution in [-0.4, -0.2) is 16.6 Å². The molecule has 0 spiro atoms. The van der Waals surface area contributed by atoms with Crippen molar-refractivity contribution in [3.8, 4) is 0 Å². The maximum Gasteiger partial charge on any atom is 0.141 e. The molecule has 68 valence electrons. The van der Waals surface area contributed by atoms with E-state index in [4.69, 9.17) is 11.6 Å². The fourth-order valence-corrected chi connectivity index (χ4v) is 1.52. The van der Waals surface area contributed by atoms with Crippen molar-refractivity contribution in [3.63, 3.8) is 0 Å². The first-order chi connectivity index (χ1) is 6.31. The molecule has 1 N–H and O–H groups in total. The highest BCUT2D eigenvalue weighted by Crippen LogP contribution is 2.17. The van der Waals surface area contributed by atoms with Crippen LogP contribution in [0.2, 0.25) is 5.02 Å². The first kappa shape index (κ1) is 8.53. The highest BCUT2D eigenvalue weighted by molar-refractivity contribution is 6.31. The Hall–Kier alpha value is -1.06. The number of hydrogen-bond donors (Lipinski definition) is 1. The summed E-state index contributed by atoms with van der Waals surface area (Å²) in [5, 5.41) is 4.81. The molecule has 3 nitrogen and oxygen atoms in total. The van der Waals surface area contributed by atoms with Crippen LogP contribution in [0.25, 0.3) is 11.0 Å². The Balaban J connectivity index is 2.55. The van der Waals surface area contributed by atoms with Crippen LogP contribution in [0.3, 0.4) is 0 Å². The molecule has 0 saturated heterocycles. The van der Waals surface area contributed by atoms with Crippen molar-refractivity contribution in [2.24, 2.45) is 0 Å². The predicted octanol–water partition coefficient (Wildman–Crippen LogP) is 1.87.